The average Bonchev–Trinajstić information content (AvgIpc) is 2.36. The number of rotatable bonds is 7. The van der Waals surface area contributed by atoms with Gasteiger partial charge in [0.2, 0.25) is 5.91 Å². The molecule has 0 saturated heterocycles. The van der Waals surface area contributed by atoms with Crippen LogP contribution < -0.4 is 5.32 Å². The lowest BCUT2D eigenvalue weighted by molar-refractivity contribution is -0.121. The number of nitrogens with one attached hydrogen (secondary N) is 1. The van der Waals surface area contributed by atoms with Crippen LogP contribution in [0, 0.1) is 5.82 Å². The van der Waals surface area contributed by atoms with Crippen molar-refractivity contribution in [2.24, 2.45) is 0 Å². The maximum absolute atomic E-state index is 12.6. The number of benzene rings is 1. The zero-order valence-electron chi connectivity index (χ0n) is 10.4. The number of methoxy groups -OCH3 is 1. The van der Waals surface area contributed by atoms with Gasteiger partial charge in [-0.15, -0.1) is 0 Å². The first-order valence-corrected chi connectivity index (χ1v) is 5.80. The van der Waals surface area contributed by atoms with Crippen molar-refractivity contribution >= 4 is 5.91 Å². The van der Waals surface area contributed by atoms with Gasteiger partial charge in [-0.2, -0.15) is 0 Å². The standard InChI is InChI=1S/C13H18FNO3/c1-18-9-12(16)8-15-13(17)7-4-10-2-5-11(14)6-3-10/h2-3,5-6,12,16H,4,7-9H2,1H3,(H,15,17). The molecular formula is C13H18FNO3. The van der Waals surface area contributed by atoms with Crippen molar-refractivity contribution in [2.75, 3.05) is 20.3 Å². The second kappa shape index (κ2) is 7.79. The van der Waals surface area contributed by atoms with E-state index in [1.807, 2.05) is 0 Å². The normalized spacial score (nSPS) is 12.2. The third-order valence-corrected chi connectivity index (χ3v) is 2.45. The fourth-order valence-electron chi connectivity index (χ4n) is 1.48. The molecule has 0 aliphatic heterocycles. The third-order valence-electron chi connectivity index (χ3n) is 2.45. The summed E-state index contributed by atoms with van der Waals surface area (Å²) in [5.74, 6) is -0.430. The second-order valence-electron chi connectivity index (χ2n) is 4.04. The van der Waals surface area contributed by atoms with Gasteiger partial charge >= 0.3 is 0 Å². The monoisotopic (exact) mass is 255 g/mol. The molecule has 4 nitrogen and oxygen atoms in total. The zero-order valence-corrected chi connectivity index (χ0v) is 10.4. The SMILES string of the molecule is COCC(O)CNC(=O)CCc1ccc(F)cc1. The van der Waals surface area contributed by atoms with Crippen molar-refractivity contribution in [3.63, 3.8) is 0 Å². The minimum Gasteiger partial charge on any atom is -0.389 e. The summed E-state index contributed by atoms with van der Waals surface area (Å²) in [6.45, 7) is 0.369. The number of hydrogen-bond acceptors (Lipinski definition) is 3. The number of carbonyl (C=O) groups is 1. The van der Waals surface area contributed by atoms with Crippen LogP contribution in [-0.2, 0) is 16.0 Å². The molecule has 0 saturated carbocycles. The van der Waals surface area contributed by atoms with Crippen molar-refractivity contribution in [1.29, 1.82) is 0 Å². The van der Waals surface area contributed by atoms with E-state index in [4.69, 9.17) is 4.74 Å². The van der Waals surface area contributed by atoms with Crippen molar-refractivity contribution in [3.8, 4) is 0 Å². The van der Waals surface area contributed by atoms with Crippen molar-refractivity contribution < 1.29 is 19.0 Å². The summed E-state index contributed by atoms with van der Waals surface area (Å²) in [6.07, 6.45) is 0.169. The molecule has 0 fully saturated rings. The Hall–Kier alpha value is -1.46. The van der Waals surface area contributed by atoms with Crippen LogP contribution >= 0.6 is 0 Å². The van der Waals surface area contributed by atoms with Gasteiger partial charge < -0.3 is 15.2 Å². The highest BCUT2D eigenvalue weighted by Crippen LogP contribution is 2.05. The van der Waals surface area contributed by atoms with Gasteiger partial charge in [-0.3, -0.25) is 4.79 Å². The summed E-state index contributed by atoms with van der Waals surface area (Å²) in [5, 5.41) is 11.9. The topological polar surface area (TPSA) is 58.6 Å². The van der Waals surface area contributed by atoms with Gasteiger partial charge in [0.15, 0.2) is 0 Å². The molecule has 1 unspecified atom stereocenters. The van der Waals surface area contributed by atoms with E-state index in [1.54, 1.807) is 12.1 Å². The van der Waals surface area contributed by atoms with Crippen LogP contribution in [0.4, 0.5) is 4.39 Å². The fraction of sp³-hybridized carbons (Fsp3) is 0.462. The predicted octanol–water partition coefficient (Wildman–Crippen LogP) is 0.882. The van der Waals surface area contributed by atoms with E-state index in [2.05, 4.69) is 5.32 Å². The molecule has 18 heavy (non-hydrogen) atoms. The Kier molecular flexibility index (Phi) is 6.32. The Labute approximate surface area is 106 Å². The first kappa shape index (κ1) is 14.6. The molecule has 1 aromatic rings. The Balaban J connectivity index is 2.22. The lowest BCUT2D eigenvalue weighted by Crippen LogP contribution is -2.34. The Morgan fingerprint density at radius 3 is 2.72 bits per heavy atom. The smallest absolute Gasteiger partial charge is 0.220 e. The molecule has 5 heteroatoms. The van der Waals surface area contributed by atoms with Crippen LogP contribution in [0.2, 0.25) is 0 Å². The predicted molar refractivity (Wildman–Crippen MR) is 65.6 cm³/mol. The van der Waals surface area contributed by atoms with E-state index >= 15 is 0 Å². The lowest BCUT2D eigenvalue weighted by atomic mass is 10.1. The number of ether oxygens (including phenoxy) is 1. The van der Waals surface area contributed by atoms with Crippen molar-refractivity contribution in [2.45, 2.75) is 18.9 Å². The third kappa shape index (κ3) is 5.75. The summed E-state index contributed by atoms with van der Waals surface area (Å²) in [6, 6.07) is 6.05. The number of hydrogen-bond donors (Lipinski definition) is 2. The Morgan fingerprint density at radius 2 is 2.11 bits per heavy atom. The summed E-state index contributed by atoms with van der Waals surface area (Å²) < 4.78 is 17.4. The van der Waals surface area contributed by atoms with E-state index in [1.165, 1.54) is 19.2 Å². The van der Waals surface area contributed by atoms with E-state index in [-0.39, 0.29) is 24.9 Å². The molecule has 0 aliphatic rings. The number of aliphatic hydroxyl groups is 1. The molecule has 0 aliphatic carbocycles. The highest BCUT2D eigenvalue weighted by molar-refractivity contribution is 5.76. The van der Waals surface area contributed by atoms with Crippen LogP contribution in [-0.4, -0.2) is 37.4 Å². The molecule has 2 N–H and O–H groups in total. The molecule has 100 valence electrons. The first-order valence-electron chi connectivity index (χ1n) is 5.80. The summed E-state index contributed by atoms with van der Waals surface area (Å²) in [7, 11) is 1.49. The summed E-state index contributed by atoms with van der Waals surface area (Å²) >= 11 is 0. The summed E-state index contributed by atoms with van der Waals surface area (Å²) in [5.41, 5.74) is 0.906. The largest absolute Gasteiger partial charge is 0.389 e. The lowest BCUT2D eigenvalue weighted by Gasteiger charge is -2.10. The average molecular weight is 255 g/mol. The summed E-state index contributed by atoms with van der Waals surface area (Å²) in [4.78, 5) is 11.5. The number of carbonyl (C=O) groups excluding carboxylic acids is 1. The van der Waals surface area contributed by atoms with Crippen LogP contribution in [0.5, 0.6) is 0 Å². The quantitative estimate of drug-likeness (QED) is 0.760. The van der Waals surface area contributed by atoms with Crippen LogP contribution in [0.25, 0.3) is 0 Å². The molecule has 1 rings (SSSR count). The second-order valence-corrected chi connectivity index (χ2v) is 4.04. The molecule has 1 aromatic carbocycles. The molecule has 0 spiro atoms. The van der Waals surface area contributed by atoms with Gasteiger partial charge in [0.1, 0.15) is 5.82 Å². The van der Waals surface area contributed by atoms with E-state index in [9.17, 15) is 14.3 Å². The number of amides is 1. The Bertz CT molecular complexity index is 367. The number of aryl methyl sites for hydroxylation is 1. The first-order chi connectivity index (χ1) is 8.61. The Morgan fingerprint density at radius 1 is 1.44 bits per heavy atom. The van der Waals surface area contributed by atoms with E-state index in [0.717, 1.165) is 5.56 Å². The molecule has 1 atom stereocenters. The van der Waals surface area contributed by atoms with E-state index < -0.39 is 6.10 Å². The van der Waals surface area contributed by atoms with Crippen molar-refractivity contribution in [1.82, 2.24) is 5.32 Å². The molecule has 0 radical (unpaired) electrons. The van der Waals surface area contributed by atoms with Gasteiger partial charge in [0, 0.05) is 20.1 Å². The maximum Gasteiger partial charge on any atom is 0.220 e. The van der Waals surface area contributed by atoms with Gasteiger partial charge in [-0.25, -0.2) is 4.39 Å². The van der Waals surface area contributed by atoms with Gasteiger partial charge in [-0.05, 0) is 24.1 Å². The molecule has 0 bridgehead atoms. The highest BCUT2D eigenvalue weighted by Gasteiger charge is 2.06. The van der Waals surface area contributed by atoms with Crippen LogP contribution in [0.15, 0.2) is 24.3 Å². The highest BCUT2D eigenvalue weighted by atomic mass is 19.1. The molecule has 1 amide bonds. The van der Waals surface area contributed by atoms with Gasteiger partial charge in [0.05, 0.1) is 12.7 Å². The van der Waals surface area contributed by atoms with Gasteiger partial charge in [0.25, 0.3) is 0 Å². The van der Waals surface area contributed by atoms with Crippen LogP contribution in [0.3, 0.4) is 0 Å². The molecular weight excluding hydrogens is 237 g/mol. The minimum absolute atomic E-state index is 0.144. The number of aliphatic hydroxyl groups excluding tert-OH is 1. The van der Waals surface area contributed by atoms with Crippen molar-refractivity contribution in [3.05, 3.63) is 35.6 Å². The number of halogens is 1. The molecule has 0 aromatic heterocycles. The zero-order chi connectivity index (χ0) is 13.4. The molecule has 0 heterocycles. The minimum atomic E-state index is -0.690. The fourth-order valence-corrected chi connectivity index (χ4v) is 1.48. The van der Waals surface area contributed by atoms with E-state index in [0.29, 0.717) is 12.8 Å². The van der Waals surface area contributed by atoms with Gasteiger partial charge in [-0.1, -0.05) is 12.1 Å². The maximum atomic E-state index is 12.6. The van der Waals surface area contributed by atoms with Crippen LogP contribution in [0.1, 0.15) is 12.0 Å².